The second-order valence-corrected chi connectivity index (χ2v) is 4.19. The van der Waals surface area contributed by atoms with Crippen molar-refractivity contribution in [3.8, 4) is 0 Å². The van der Waals surface area contributed by atoms with Crippen molar-refractivity contribution in [3.63, 3.8) is 0 Å². The van der Waals surface area contributed by atoms with Gasteiger partial charge in [0.2, 0.25) is 5.91 Å². The normalized spacial score (nSPS) is 25.2. The molecule has 98 valence electrons. The largest absolute Gasteiger partial charge is 0.538 e. The lowest BCUT2D eigenvalue weighted by atomic mass is 9.76. The van der Waals surface area contributed by atoms with E-state index in [1.165, 1.54) is 13.8 Å². The van der Waals surface area contributed by atoms with E-state index in [2.05, 4.69) is 10.1 Å². The molecule has 0 unspecified atom stereocenters. The summed E-state index contributed by atoms with van der Waals surface area (Å²) in [6.45, 7) is 2.77. The lowest BCUT2D eigenvalue weighted by Gasteiger charge is -2.41. The number of aliphatic hydroxyl groups is 1. The first-order valence-corrected chi connectivity index (χ1v) is 5.27. The van der Waals surface area contributed by atoms with E-state index in [4.69, 9.17) is 5.53 Å². The van der Waals surface area contributed by atoms with Crippen molar-refractivity contribution in [2.24, 2.45) is 11.8 Å². The third-order valence-electron chi connectivity index (χ3n) is 3.00. The highest BCUT2D eigenvalue weighted by Crippen LogP contribution is 2.26. The first-order chi connectivity index (χ1) is 8.31. The molecule has 0 aromatic carbocycles. The molecule has 1 rings (SSSR count). The zero-order valence-corrected chi connectivity index (χ0v) is 9.78. The maximum atomic E-state index is 11.7. The molecule has 1 aliphatic rings. The molecule has 0 saturated carbocycles. The Labute approximate surface area is 102 Å². The van der Waals surface area contributed by atoms with Crippen LogP contribution in [-0.2, 0) is 14.4 Å². The second-order valence-electron chi connectivity index (χ2n) is 4.19. The fraction of sp³-hybridized carbons (Fsp3) is 0.600. The van der Waals surface area contributed by atoms with Gasteiger partial charge in [0.25, 0.3) is 5.78 Å². The number of Topliss-reactive ketones (excluding diaryl/α,β-unsaturated/α-hetero) is 1. The van der Waals surface area contributed by atoms with Gasteiger partial charge >= 0.3 is 5.71 Å². The Morgan fingerprint density at radius 3 is 2.39 bits per heavy atom. The Balaban J connectivity index is 2.86. The second kappa shape index (κ2) is 5.07. The minimum atomic E-state index is -1.89. The number of nitrogens with one attached hydrogen (secondary N) is 1. The maximum absolute atomic E-state index is 11.7. The van der Waals surface area contributed by atoms with Gasteiger partial charge in [0, 0.05) is 5.92 Å². The first kappa shape index (κ1) is 14.0. The predicted molar refractivity (Wildman–Crippen MR) is 54.9 cm³/mol. The Kier molecular flexibility index (Phi) is 3.95. The fourth-order valence-electron chi connectivity index (χ4n) is 1.94. The van der Waals surface area contributed by atoms with E-state index in [9.17, 15) is 24.6 Å². The highest BCUT2D eigenvalue weighted by atomic mass is 16.4. The van der Waals surface area contributed by atoms with Crippen molar-refractivity contribution < 1.29 is 29.4 Å². The van der Waals surface area contributed by atoms with Gasteiger partial charge in [0.15, 0.2) is 5.97 Å². The topological polar surface area (TPSA) is 143 Å². The average molecular weight is 254 g/mol. The summed E-state index contributed by atoms with van der Waals surface area (Å²) in [7, 11) is 0. The molecule has 0 aliphatic carbocycles. The molecule has 2 N–H and O–H groups in total. The molecule has 1 aliphatic heterocycles. The van der Waals surface area contributed by atoms with Gasteiger partial charge in [-0.15, -0.1) is 0 Å². The number of carboxylic acids is 1. The number of carbonyl (C=O) groups is 3. The number of hydrogen-bond acceptors (Lipinski definition) is 5. The van der Waals surface area contributed by atoms with Gasteiger partial charge in [0.1, 0.15) is 0 Å². The fourth-order valence-corrected chi connectivity index (χ4v) is 1.94. The highest BCUT2D eigenvalue weighted by Gasteiger charge is 2.48. The van der Waals surface area contributed by atoms with E-state index in [0.29, 0.717) is 0 Å². The van der Waals surface area contributed by atoms with Gasteiger partial charge in [-0.3, -0.25) is 9.59 Å². The summed E-state index contributed by atoms with van der Waals surface area (Å²) >= 11 is 0. The summed E-state index contributed by atoms with van der Waals surface area (Å²) in [5.41, 5.74) is 7.32. The number of ketones is 1. The third kappa shape index (κ3) is 2.29. The molecule has 1 saturated heterocycles. The van der Waals surface area contributed by atoms with Crippen molar-refractivity contribution in [2.75, 3.05) is 0 Å². The number of rotatable bonds is 5. The monoisotopic (exact) mass is 254 g/mol. The molecule has 0 aromatic heterocycles. The molecule has 0 bridgehead atoms. The smallest absolute Gasteiger partial charge is 0.380 e. The quantitative estimate of drug-likeness (QED) is 0.178. The van der Waals surface area contributed by atoms with Crippen molar-refractivity contribution >= 4 is 23.4 Å². The van der Waals surface area contributed by atoms with Crippen LogP contribution in [-0.4, -0.2) is 45.4 Å². The molecule has 0 radical (unpaired) electrons. The number of carboxylic acid groups (broad SMARTS) is 1. The van der Waals surface area contributed by atoms with Crippen LogP contribution in [0.1, 0.15) is 13.8 Å². The number of carbonyl (C=O) groups excluding carboxylic acids is 3. The van der Waals surface area contributed by atoms with Gasteiger partial charge < -0.3 is 25.9 Å². The SMILES string of the molecule is C[C@@H](O)[C@H]1C(=O)N[C@@H]1[C@@H](C)C(=O)C(=[N+]=[N-])C(=O)[O-]. The number of aliphatic carboxylic acids is 1. The van der Waals surface area contributed by atoms with E-state index in [1.54, 1.807) is 0 Å². The predicted octanol–water partition coefficient (Wildman–Crippen LogP) is -2.89. The Morgan fingerprint density at radius 1 is 1.50 bits per heavy atom. The standard InChI is InChI=1S/C10H13N3O5/c1-3(8(15)7(13-11)10(17)18)6-5(4(2)14)9(16)12-6/h3-6,14H,1-2H3,(H,12,16)(H,17,18)/p-1/t3-,4-,5-,6-/m1/s1. The van der Waals surface area contributed by atoms with Gasteiger partial charge in [0.05, 0.1) is 18.1 Å². The number of aliphatic hydroxyl groups excluding tert-OH is 1. The molecule has 18 heavy (non-hydrogen) atoms. The van der Waals surface area contributed by atoms with Crippen molar-refractivity contribution in [2.45, 2.75) is 26.0 Å². The molecule has 8 heteroatoms. The minimum absolute atomic E-state index is 0.411. The number of hydrogen-bond donors (Lipinski definition) is 2. The van der Waals surface area contributed by atoms with Gasteiger partial charge in [-0.1, -0.05) is 6.92 Å². The third-order valence-corrected chi connectivity index (χ3v) is 3.00. The minimum Gasteiger partial charge on any atom is -0.538 e. The van der Waals surface area contributed by atoms with E-state index < -0.39 is 47.4 Å². The van der Waals surface area contributed by atoms with E-state index in [0.717, 1.165) is 0 Å². The lowest BCUT2D eigenvalue weighted by Crippen LogP contribution is -2.66. The molecule has 1 heterocycles. The summed E-state index contributed by atoms with van der Waals surface area (Å²) < 4.78 is 0. The zero-order chi connectivity index (χ0) is 14.0. The van der Waals surface area contributed by atoms with Crippen LogP contribution in [0.2, 0.25) is 0 Å². The van der Waals surface area contributed by atoms with Crippen LogP contribution in [0.4, 0.5) is 0 Å². The molecule has 1 amide bonds. The van der Waals surface area contributed by atoms with Crippen LogP contribution in [0.5, 0.6) is 0 Å². The van der Waals surface area contributed by atoms with Gasteiger partial charge in [-0.2, -0.15) is 4.79 Å². The van der Waals surface area contributed by atoms with E-state index >= 15 is 0 Å². The van der Waals surface area contributed by atoms with Crippen LogP contribution in [0.25, 0.3) is 5.53 Å². The van der Waals surface area contributed by atoms with Crippen molar-refractivity contribution in [1.82, 2.24) is 5.32 Å². The lowest BCUT2D eigenvalue weighted by molar-refractivity contribution is -0.297. The van der Waals surface area contributed by atoms with Crippen molar-refractivity contribution in [3.05, 3.63) is 5.53 Å². The molecule has 0 spiro atoms. The van der Waals surface area contributed by atoms with Crippen LogP contribution in [0.15, 0.2) is 0 Å². The number of β-lactam (4-membered cyclic amide) rings is 1. The van der Waals surface area contributed by atoms with Crippen LogP contribution in [0, 0.1) is 11.8 Å². The average Bonchev–Trinajstić information content (AvgIpc) is 2.24. The van der Waals surface area contributed by atoms with Gasteiger partial charge in [-0.25, -0.2) is 0 Å². The first-order valence-electron chi connectivity index (χ1n) is 5.27. The maximum Gasteiger partial charge on any atom is 0.380 e. The van der Waals surface area contributed by atoms with Crippen LogP contribution >= 0.6 is 0 Å². The highest BCUT2D eigenvalue weighted by molar-refractivity contribution is 6.61. The van der Waals surface area contributed by atoms with Crippen LogP contribution < -0.4 is 10.4 Å². The molecule has 4 atom stereocenters. The summed E-state index contributed by atoms with van der Waals surface area (Å²) in [4.78, 5) is 35.8. The summed E-state index contributed by atoms with van der Waals surface area (Å²) in [6.07, 6.45) is -0.962. The molecular weight excluding hydrogens is 242 g/mol. The Morgan fingerprint density at radius 2 is 2.06 bits per heavy atom. The molecular formula is C10H12N3O5-. The molecule has 1 fully saturated rings. The Hall–Kier alpha value is -2.05. The number of amides is 1. The molecule has 0 aromatic rings. The zero-order valence-electron chi connectivity index (χ0n) is 9.78. The Bertz CT molecular complexity index is 452. The van der Waals surface area contributed by atoms with Crippen molar-refractivity contribution in [1.29, 1.82) is 0 Å². The summed E-state index contributed by atoms with van der Waals surface area (Å²) in [6, 6.07) is -0.693. The van der Waals surface area contributed by atoms with E-state index in [1.807, 2.05) is 0 Å². The summed E-state index contributed by atoms with van der Waals surface area (Å²) in [5, 5.41) is 22.3. The number of nitrogens with zero attached hydrogens (tertiary/aromatic N) is 2. The summed E-state index contributed by atoms with van der Waals surface area (Å²) in [5.74, 6) is -5.00. The molecule has 8 nitrogen and oxygen atoms in total. The van der Waals surface area contributed by atoms with Crippen LogP contribution in [0.3, 0.4) is 0 Å². The van der Waals surface area contributed by atoms with Gasteiger partial charge in [-0.05, 0) is 6.92 Å². The van der Waals surface area contributed by atoms with E-state index in [-0.39, 0.29) is 0 Å².